The van der Waals surface area contributed by atoms with Crippen LogP contribution in [0.2, 0.25) is 0 Å². The molecule has 0 saturated heterocycles. The second kappa shape index (κ2) is 7.83. The third kappa shape index (κ3) is 4.83. The number of carboxylic acids is 1. The molecule has 0 aromatic heterocycles. The molecule has 0 fully saturated rings. The van der Waals surface area contributed by atoms with Gasteiger partial charge in [0.25, 0.3) is 5.91 Å². The van der Waals surface area contributed by atoms with E-state index in [2.05, 4.69) is 0 Å². The molecule has 5 heteroatoms. The van der Waals surface area contributed by atoms with Crippen molar-refractivity contribution < 1.29 is 19.4 Å². The summed E-state index contributed by atoms with van der Waals surface area (Å²) in [7, 11) is 1.77. The third-order valence-electron chi connectivity index (χ3n) is 3.93. The van der Waals surface area contributed by atoms with E-state index in [9.17, 15) is 9.59 Å². The number of nitrogens with zero attached hydrogens (tertiary/aromatic N) is 1. The van der Waals surface area contributed by atoms with Crippen LogP contribution in [0.3, 0.4) is 0 Å². The van der Waals surface area contributed by atoms with Crippen molar-refractivity contribution in [2.24, 2.45) is 0 Å². The number of benzene rings is 2. The van der Waals surface area contributed by atoms with Crippen molar-refractivity contribution in [1.82, 2.24) is 4.90 Å². The summed E-state index contributed by atoms with van der Waals surface area (Å²) >= 11 is 0. The van der Waals surface area contributed by atoms with Crippen LogP contribution in [0, 0.1) is 20.8 Å². The van der Waals surface area contributed by atoms with Gasteiger partial charge in [0.2, 0.25) is 0 Å². The van der Waals surface area contributed by atoms with E-state index < -0.39 is 12.6 Å². The van der Waals surface area contributed by atoms with Crippen LogP contribution < -0.4 is 4.74 Å². The van der Waals surface area contributed by atoms with E-state index in [1.807, 2.05) is 31.2 Å². The van der Waals surface area contributed by atoms with Crippen molar-refractivity contribution in [2.45, 2.75) is 27.3 Å². The Kier molecular flexibility index (Phi) is 5.80. The average molecular weight is 341 g/mol. The smallest absolute Gasteiger partial charge is 0.341 e. The summed E-state index contributed by atoms with van der Waals surface area (Å²) in [5.41, 5.74) is 4.30. The molecule has 25 heavy (non-hydrogen) atoms. The first-order valence-electron chi connectivity index (χ1n) is 8.04. The minimum absolute atomic E-state index is 0.0865. The van der Waals surface area contributed by atoms with Gasteiger partial charge in [-0.2, -0.15) is 0 Å². The standard InChI is InChI=1S/C20H23NO4/c1-13-5-7-16(8-6-13)11-21(4)20(24)17-9-14(2)19(15(3)10-17)25-12-18(22)23/h5-10H,11-12H2,1-4H3,(H,22,23). The molecule has 0 heterocycles. The quantitative estimate of drug-likeness (QED) is 0.875. The molecule has 2 rings (SSSR count). The molecular formula is C20H23NO4. The zero-order valence-corrected chi connectivity index (χ0v) is 15.0. The highest BCUT2D eigenvalue weighted by molar-refractivity contribution is 5.94. The monoisotopic (exact) mass is 341 g/mol. The summed E-state index contributed by atoms with van der Waals surface area (Å²) < 4.78 is 5.31. The Hall–Kier alpha value is -2.82. The second-order valence-electron chi connectivity index (χ2n) is 6.27. The highest BCUT2D eigenvalue weighted by Crippen LogP contribution is 2.25. The summed E-state index contributed by atoms with van der Waals surface area (Å²) in [5, 5.41) is 8.74. The molecule has 0 radical (unpaired) electrons. The molecule has 0 unspecified atom stereocenters. The number of carbonyl (C=O) groups excluding carboxylic acids is 1. The summed E-state index contributed by atoms with van der Waals surface area (Å²) in [6.45, 7) is 5.76. The Morgan fingerprint density at radius 1 is 1.04 bits per heavy atom. The van der Waals surface area contributed by atoms with E-state index in [0.29, 0.717) is 17.9 Å². The van der Waals surface area contributed by atoms with E-state index in [1.54, 1.807) is 37.9 Å². The first-order valence-corrected chi connectivity index (χ1v) is 8.04. The van der Waals surface area contributed by atoms with Crippen molar-refractivity contribution in [2.75, 3.05) is 13.7 Å². The fourth-order valence-corrected chi connectivity index (χ4v) is 2.69. The Morgan fingerprint density at radius 3 is 2.12 bits per heavy atom. The van der Waals surface area contributed by atoms with Crippen molar-refractivity contribution in [3.63, 3.8) is 0 Å². The van der Waals surface area contributed by atoms with Crippen molar-refractivity contribution in [3.05, 3.63) is 64.2 Å². The van der Waals surface area contributed by atoms with Gasteiger partial charge in [-0.15, -0.1) is 0 Å². The molecule has 2 aromatic rings. The van der Waals surface area contributed by atoms with Gasteiger partial charge in [-0.25, -0.2) is 4.79 Å². The van der Waals surface area contributed by atoms with Crippen molar-refractivity contribution in [1.29, 1.82) is 0 Å². The highest BCUT2D eigenvalue weighted by Gasteiger charge is 2.16. The Labute approximate surface area is 147 Å². The normalized spacial score (nSPS) is 10.4. The van der Waals surface area contributed by atoms with Crippen LogP contribution in [-0.4, -0.2) is 35.5 Å². The van der Waals surface area contributed by atoms with Crippen LogP contribution in [0.4, 0.5) is 0 Å². The predicted octanol–water partition coefficient (Wildman–Crippen LogP) is 3.35. The fraction of sp³-hybridized carbons (Fsp3) is 0.300. The number of ether oxygens (including phenoxy) is 1. The van der Waals surface area contributed by atoms with E-state index in [4.69, 9.17) is 9.84 Å². The van der Waals surface area contributed by atoms with Crippen molar-refractivity contribution >= 4 is 11.9 Å². The predicted molar refractivity (Wildman–Crippen MR) is 96.0 cm³/mol. The third-order valence-corrected chi connectivity index (χ3v) is 3.93. The molecule has 1 amide bonds. The maximum Gasteiger partial charge on any atom is 0.341 e. The van der Waals surface area contributed by atoms with E-state index >= 15 is 0 Å². The Balaban J connectivity index is 2.15. The maximum absolute atomic E-state index is 12.7. The van der Waals surface area contributed by atoms with Crippen LogP contribution in [0.25, 0.3) is 0 Å². The van der Waals surface area contributed by atoms with Crippen LogP contribution in [0.5, 0.6) is 5.75 Å². The minimum atomic E-state index is -1.03. The van der Waals surface area contributed by atoms with Crippen LogP contribution >= 0.6 is 0 Å². The molecule has 0 saturated carbocycles. The first-order chi connectivity index (χ1) is 11.8. The summed E-state index contributed by atoms with van der Waals surface area (Å²) in [5.74, 6) is -0.603. The molecular weight excluding hydrogens is 318 g/mol. The summed E-state index contributed by atoms with van der Waals surface area (Å²) in [6, 6.07) is 11.5. The van der Waals surface area contributed by atoms with Gasteiger partial charge in [0.1, 0.15) is 5.75 Å². The van der Waals surface area contributed by atoms with Gasteiger partial charge in [-0.1, -0.05) is 29.8 Å². The molecule has 0 bridgehead atoms. The van der Waals surface area contributed by atoms with E-state index in [0.717, 1.165) is 16.7 Å². The second-order valence-corrected chi connectivity index (χ2v) is 6.27. The first kappa shape index (κ1) is 18.5. The number of carboxylic acid groups (broad SMARTS) is 1. The minimum Gasteiger partial charge on any atom is -0.481 e. The molecule has 0 aliphatic rings. The maximum atomic E-state index is 12.7. The molecule has 5 nitrogen and oxygen atoms in total. The number of amides is 1. The van der Waals surface area contributed by atoms with Crippen molar-refractivity contribution in [3.8, 4) is 5.75 Å². The lowest BCUT2D eigenvalue weighted by Gasteiger charge is -2.19. The number of hydrogen-bond acceptors (Lipinski definition) is 3. The largest absolute Gasteiger partial charge is 0.481 e. The molecule has 1 N–H and O–H groups in total. The molecule has 0 atom stereocenters. The molecule has 0 spiro atoms. The zero-order chi connectivity index (χ0) is 18.6. The summed E-state index contributed by atoms with van der Waals surface area (Å²) in [6.07, 6.45) is 0. The fourth-order valence-electron chi connectivity index (χ4n) is 2.69. The van der Waals surface area contributed by atoms with Crippen LogP contribution in [-0.2, 0) is 11.3 Å². The average Bonchev–Trinajstić information content (AvgIpc) is 2.55. The zero-order valence-electron chi connectivity index (χ0n) is 15.0. The lowest BCUT2D eigenvalue weighted by molar-refractivity contribution is -0.139. The molecule has 0 aliphatic heterocycles. The topological polar surface area (TPSA) is 66.8 Å². The lowest BCUT2D eigenvalue weighted by atomic mass is 10.0. The molecule has 132 valence electrons. The van der Waals surface area contributed by atoms with Gasteiger partial charge in [0, 0.05) is 19.2 Å². The van der Waals surface area contributed by atoms with E-state index in [1.165, 1.54) is 5.56 Å². The van der Waals surface area contributed by atoms with Gasteiger partial charge >= 0.3 is 5.97 Å². The van der Waals surface area contributed by atoms with Gasteiger partial charge < -0.3 is 14.7 Å². The van der Waals surface area contributed by atoms with Crippen LogP contribution in [0.15, 0.2) is 36.4 Å². The van der Waals surface area contributed by atoms with Gasteiger partial charge in [-0.3, -0.25) is 4.79 Å². The Bertz CT molecular complexity index is 758. The lowest BCUT2D eigenvalue weighted by Crippen LogP contribution is -2.26. The van der Waals surface area contributed by atoms with Crippen LogP contribution in [0.1, 0.15) is 32.6 Å². The number of carbonyl (C=O) groups is 2. The number of aryl methyl sites for hydroxylation is 3. The van der Waals surface area contributed by atoms with E-state index in [-0.39, 0.29) is 5.91 Å². The molecule has 0 aliphatic carbocycles. The number of aliphatic carboxylic acids is 1. The summed E-state index contributed by atoms with van der Waals surface area (Å²) in [4.78, 5) is 25.0. The highest BCUT2D eigenvalue weighted by atomic mass is 16.5. The Morgan fingerprint density at radius 2 is 1.60 bits per heavy atom. The van der Waals surface area contributed by atoms with Gasteiger partial charge in [0.15, 0.2) is 6.61 Å². The van der Waals surface area contributed by atoms with Gasteiger partial charge in [-0.05, 0) is 49.6 Å². The number of rotatable bonds is 6. The number of hydrogen-bond donors (Lipinski definition) is 1. The molecule has 2 aromatic carbocycles. The van der Waals surface area contributed by atoms with Gasteiger partial charge in [0.05, 0.1) is 0 Å². The SMILES string of the molecule is Cc1ccc(CN(C)C(=O)c2cc(C)c(OCC(=O)O)c(C)c2)cc1.